The van der Waals surface area contributed by atoms with Gasteiger partial charge in [-0.05, 0) is 19.8 Å². The lowest BCUT2D eigenvalue weighted by molar-refractivity contribution is 0.266. The van der Waals surface area contributed by atoms with Gasteiger partial charge in [-0.1, -0.05) is 0 Å². The summed E-state index contributed by atoms with van der Waals surface area (Å²) in [5.41, 5.74) is 0.767. The zero-order valence-electron chi connectivity index (χ0n) is 7.62. The number of hydrogen-bond acceptors (Lipinski definition) is 4. The maximum atomic E-state index is 9.10. The topological polar surface area (TPSA) is 58.0 Å². The lowest BCUT2D eigenvalue weighted by Gasteiger charge is -2.15. The Balaban J connectivity index is 2.14. The second-order valence-electron chi connectivity index (χ2n) is 3.55. The van der Waals surface area contributed by atoms with Gasteiger partial charge in [-0.3, -0.25) is 4.98 Å². The Morgan fingerprint density at radius 3 is 2.69 bits per heavy atom. The summed E-state index contributed by atoms with van der Waals surface area (Å²) in [6.45, 7) is 2.08. The van der Waals surface area contributed by atoms with Crippen molar-refractivity contribution in [3.8, 4) is 0 Å². The number of nitrogens with one attached hydrogen (secondary N) is 1. The quantitative estimate of drug-likeness (QED) is 0.718. The van der Waals surface area contributed by atoms with Crippen molar-refractivity contribution in [2.45, 2.75) is 25.3 Å². The van der Waals surface area contributed by atoms with E-state index in [1.54, 1.807) is 12.4 Å². The van der Waals surface area contributed by atoms with E-state index in [9.17, 15) is 0 Å². The smallest absolute Gasteiger partial charge is 0.147 e. The van der Waals surface area contributed by atoms with Gasteiger partial charge in [0, 0.05) is 12.4 Å². The minimum atomic E-state index is -0.110. The fourth-order valence-corrected chi connectivity index (χ4v) is 1.25. The number of rotatable bonds is 3. The number of nitrogens with zero attached hydrogens (tertiary/aromatic N) is 2. The Hall–Kier alpha value is -1.16. The molecule has 0 atom stereocenters. The highest BCUT2D eigenvalue weighted by atomic mass is 16.3. The van der Waals surface area contributed by atoms with Crippen LogP contribution >= 0.6 is 0 Å². The maximum absolute atomic E-state index is 9.10. The molecule has 13 heavy (non-hydrogen) atoms. The molecule has 1 fully saturated rings. The lowest BCUT2D eigenvalue weighted by Crippen LogP contribution is -2.26. The molecule has 0 radical (unpaired) electrons. The predicted molar refractivity (Wildman–Crippen MR) is 49.4 cm³/mol. The van der Waals surface area contributed by atoms with Crippen LogP contribution in [0, 0.1) is 6.92 Å². The third-order valence-corrected chi connectivity index (χ3v) is 2.42. The molecule has 4 nitrogen and oxygen atoms in total. The molecule has 0 unspecified atom stereocenters. The Morgan fingerprint density at radius 1 is 1.46 bits per heavy atom. The third kappa shape index (κ3) is 1.62. The number of aliphatic hydroxyl groups excluding tert-OH is 1. The molecule has 4 heteroatoms. The van der Waals surface area contributed by atoms with Crippen LogP contribution in [0.2, 0.25) is 0 Å². The van der Waals surface area contributed by atoms with Crippen molar-refractivity contribution in [2.75, 3.05) is 11.9 Å². The van der Waals surface area contributed by atoms with E-state index in [0.717, 1.165) is 24.4 Å². The summed E-state index contributed by atoms with van der Waals surface area (Å²) in [6.07, 6.45) is 5.35. The molecular weight excluding hydrogens is 166 g/mol. The van der Waals surface area contributed by atoms with Gasteiger partial charge in [0.15, 0.2) is 0 Å². The third-order valence-electron chi connectivity index (χ3n) is 2.42. The van der Waals surface area contributed by atoms with Gasteiger partial charge in [0.1, 0.15) is 5.82 Å². The normalized spacial score (nSPS) is 18.3. The molecule has 0 aliphatic heterocycles. The van der Waals surface area contributed by atoms with Crippen molar-refractivity contribution >= 4 is 5.82 Å². The highest BCUT2D eigenvalue weighted by Crippen LogP contribution is 2.38. The molecule has 0 spiro atoms. The van der Waals surface area contributed by atoms with E-state index in [0.29, 0.717) is 0 Å². The largest absolute Gasteiger partial charge is 0.394 e. The van der Waals surface area contributed by atoms with Gasteiger partial charge < -0.3 is 10.4 Å². The van der Waals surface area contributed by atoms with Gasteiger partial charge in [-0.25, -0.2) is 4.98 Å². The molecule has 1 saturated carbocycles. The van der Waals surface area contributed by atoms with E-state index in [4.69, 9.17) is 5.11 Å². The van der Waals surface area contributed by atoms with Crippen LogP contribution in [0.5, 0.6) is 0 Å². The van der Waals surface area contributed by atoms with E-state index >= 15 is 0 Å². The second kappa shape index (κ2) is 2.96. The van der Waals surface area contributed by atoms with Crippen LogP contribution < -0.4 is 5.32 Å². The van der Waals surface area contributed by atoms with E-state index < -0.39 is 0 Å². The predicted octanol–water partition coefficient (Wildman–Crippen LogP) is 0.722. The minimum absolute atomic E-state index is 0.110. The SMILES string of the molecule is Cc1nccnc1NC1(CO)CC1. The highest BCUT2D eigenvalue weighted by molar-refractivity contribution is 5.43. The Bertz CT molecular complexity index is 309. The van der Waals surface area contributed by atoms with Gasteiger partial charge >= 0.3 is 0 Å². The first-order valence-electron chi connectivity index (χ1n) is 4.42. The molecule has 1 aliphatic rings. The number of aliphatic hydroxyl groups is 1. The summed E-state index contributed by atoms with van der Waals surface area (Å²) in [4.78, 5) is 8.29. The van der Waals surface area contributed by atoms with Crippen LogP contribution in [0.3, 0.4) is 0 Å². The van der Waals surface area contributed by atoms with Crippen LogP contribution in [0.25, 0.3) is 0 Å². The molecule has 2 rings (SSSR count). The molecule has 1 aliphatic carbocycles. The van der Waals surface area contributed by atoms with Gasteiger partial charge in [0.25, 0.3) is 0 Å². The molecule has 2 N–H and O–H groups in total. The first kappa shape index (κ1) is 8.44. The Morgan fingerprint density at radius 2 is 2.15 bits per heavy atom. The zero-order valence-corrected chi connectivity index (χ0v) is 7.62. The first-order valence-corrected chi connectivity index (χ1v) is 4.42. The van der Waals surface area contributed by atoms with Crippen LogP contribution in [0.4, 0.5) is 5.82 Å². The summed E-state index contributed by atoms with van der Waals surface area (Å²) < 4.78 is 0. The highest BCUT2D eigenvalue weighted by Gasteiger charge is 2.42. The molecule has 1 heterocycles. The van der Waals surface area contributed by atoms with E-state index in [-0.39, 0.29) is 12.1 Å². The number of hydrogen-bond donors (Lipinski definition) is 2. The summed E-state index contributed by atoms with van der Waals surface area (Å²) in [5.74, 6) is 0.786. The molecule has 0 amide bonds. The maximum Gasteiger partial charge on any atom is 0.147 e. The van der Waals surface area contributed by atoms with Gasteiger partial charge in [0.2, 0.25) is 0 Å². The molecule has 1 aromatic rings. The van der Waals surface area contributed by atoms with Gasteiger partial charge in [0.05, 0.1) is 17.8 Å². The average Bonchev–Trinajstić information content (AvgIpc) is 2.90. The fourth-order valence-electron chi connectivity index (χ4n) is 1.25. The van der Waals surface area contributed by atoms with Crippen molar-refractivity contribution in [3.05, 3.63) is 18.1 Å². The van der Waals surface area contributed by atoms with Gasteiger partial charge in [-0.15, -0.1) is 0 Å². The minimum Gasteiger partial charge on any atom is -0.394 e. The summed E-state index contributed by atoms with van der Waals surface area (Å²) >= 11 is 0. The first-order chi connectivity index (χ1) is 6.26. The van der Waals surface area contributed by atoms with Crippen LogP contribution in [-0.4, -0.2) is 27.2 Å². The lowest BCUT2D eigenvalue weighted by atomic mass is 10.3. The van der Waals surface area contributed by atoms with Crippen LogP contribution in [0.15, 0.2) is 12.4 Å². The fraction of sp³-hybridized carbons (Fsp3) is 0.556. The molecular formula is C9H13N3O. The van der Waals surface area contributed by atoms with Crippen LogP contribution in [-0.2, 0) is 0 Å². The zero-order chi connectivity index (χ0) is 9.31. The van der Waals surface area contributed by atoms with Crippen molar-refractivity contribution in [1.29, 1.82) is 0 Å². The van der Waals surface area contributed by atoms with Crippen molar-refractivity contribution in [2.24, 2.45) is 0 Å². The standard InChI is InChI=1S/C9H13N3O/c1-7-8(11-5-4-10-7)12-9(6-13)2-3-9/h4-5,13H,2-3,6H2,1H3,(H,11,12). The Kier molecular flexibility index (Phi) is 1.92. The molecule has 1 aromatic heterocycles. The summed E-state index contributed by atoms with van der Waals surface area (Å²) in [6, 6.07) is 0. The molecule has 0 aromatic carbocycles. The molecule has 70 valence electrons. The number of aryl methyl sites for hydroxylation is 1. The van der Waals surface area contributed by atoms with E-state index in [1.165, 1.54) is 0 Å². The molecule has 0 bridgehead atoms. The number of aromatic nitrogens is 2. The van der Waals surface area contributed by atoms with Crippen molar-refractivity contribution in [1.82, 2.24) is 9.97 Å². The van der Waals surface area contributed by atoms with E-state index in [1.807, 2.05) is 6.92 Å². The van der Waals surface area contributed by atoms with Crippen molar-refractivity contribution in [3.63, 3.8) is 0 Å². The van der Waals surface area contributed by atoms with Crippen LogP contribution in [0.1, 0.15) is 18.5 Å². The monoisotopic (exact) mass is 179 g/mol. The summed E-state index contributed by atoms with van der Waals surface area (Å²) in [7, 11) is 0. The summed E-state index contributed by atoms with van der Waals surface area (Å²) in [5, 5.41) is 12.3. The van der Waals surface area contributed by atoms with Gasteiger partial charge in [-0.2, -0.15) is 0 Å². The Labute approximate surface area is 77.0 Å². The molecule has 0 saturated heterocycles. The average molecular weight is 179 g/mol. The van der Waals surface area contributed by atoms with E-state index in [2.05, 4.69) is 15.3 Å². The van der Waals surface area contributed by atoms with Crippen molar-refractivity contribution < 1.29 is 5.11 Å². The number of anilines is 1. The second-order valence-corrected chi connectivity index (χ2v) is 3.55.